The van der Waals surface area contributed by atoms with E-state index in [2.05, 4.69) is 4.98 Å². The highest BCUT2D eigenvalue weighted by atomic mass is 16.5. The first kappa shape index (κ1) is 11.4. The molecular weight excluding hydrogens is 216 g/mol. The number of nitrogens with zero attached hydrogens (tertiary/aromatic N) is 1. The number of para-hydroxylation sites is 2. The Labute approximate surface area is 99.7 Å². The minimum Gasteiger partial charge on any atom is -0.504 e. The third-order valence-corrected chi connectivity index (χ3v) is 2.43. The molecule has 0 aliphatic carbocycles. The van der Waals surface area contributed by atoms with Crippen LogP contribution >= 0.6 is 0 Å². The quantitative estimate of drug-likeness (QED) is 0.840. The van der Waals surface area contributed by atoms with Gasteiger partial charge >= 0.3 is 0 Å². The number of aromatic hydroxyl groups is 1. The van der Waals surface area contributed by atoms with Gasteiger partial charge in [-0.05, 0) is 18.2 Å². The maximum atomic E-state index is 9.55. The fourth-order valence-electron chi connectivity index (χ4n) is 1.52. The second kappa shape index (κ2) is 5.32. The Morgan fingerprint density at radius 2 is 2.00 bits per heavy atom. The van der Waals surface area contributed by atoms with E-state index >= 15 is 0 Å². The van der Waals surface area contributed by atoms with Crippen molar-refractivity contribution in [3.63, 3.8) is 0 Å². The number of hydrogen-bond acceptors (Lipinski definition) is 4. The number of nitrogens with two attached hydrogens (primary N) is 1. The van der Waals surface area contributed by atoms with Gasteiger partial charge in [0.15, 0.2) is 11.5 Å². The molecular formula is C13H14N2O2. The molecule has 88 valence electrons. The van der Waals surface area contributed by atoms with Crippen LogP contribution in [0.5, 0.6) is 11.5 Å². The Morgan fingerprint density at radius 3 is 2.76 bits per heavy atom. The Balaban J connectivity index is 2.10. The van der Waals surface area contributed by atoms with Crippen LogP contribution in [0.15, 0.2) is 42.6 Å². The minimum absolute atomic E-state index is 0.130. The van der Waals surface area contributed by atoms with Crippen molar-refractivity contribution < 1.29 is 9.84 Å². The molecule has 0 aliphatic heterocycles. The van der Waals surface area contributed by atoms with Crippen LogP contribution in [0, 0.1) is 0 Å². The summed E-state index contributed by atoms with van der Waals surface area (Å²) in [6.45, 7) is 0.720. The lowest BCUT2D eigenvalue weighted by atomic mass is 10.2. The minimum atomic E-state index is 0.130. The van der Waals surface area contributed by atoms with Crippen LogP contribution in [0.2, 0.25) is 0 Å². The van der Waals surface area contributed by atoms with E-state index in [1.54, 1.807) is 24.4 Å². The number of aromatic nitrogens is 1. The molecule has 0 saturated heterocycles. The monoisotopic (exact) mass is 230 g/mol. The normalized spacial score (nSPS) is 10.2. The Kier molecular flexibility index (Phi) is 3.57. The van der Waals surface area contributed by atoms with Crippen molar-refractivity contribution in [3.8, 4) is 11.5 Å². The lowest BCUT2D eigenvalue weighted by molar-refractivity contribution is 0.287. The summed E-state index contributed by atoms with van der Waals surface area (Å²) in [6, 6.07) is 10.6. The summed E-state index contributed by atoms with van der Waals surface area (Å²) >= 11 is 0. The van der Waals surface area contributed by atoms with Crippen LogP contribution < -0.4 is 10.5 Å². The Morgan fingerprint density at radius 1 is 1.18 bits per heavy atom. The molecule has 0 bridgehead atoms. The molecule has 1 heterocycles. The fraction of sp³-hybridized carbons (Fsp3) is 0.154. The first-order valence-electron chi connectivity index (χ1n) is 5.35. The molecule has 1 aromatic heterocycles. The van der Waals surface area contributed by atoms with Gasteiger partial charge in [-0.25, -0.2) is 0 Å². The van der Waals surface area contributed by atoms with Crippen LogP contribution in [0.25, 0.3) is 0 Å². The maximum Gasteiger partial charge on any atom is 0.161 e. The molecule has 4 nitrogen and oxygen atoms in total. The summed E-state index contributed by atoms with van der Waals surface area (Å²) in [5.41, 5.74) is 7.32. The van der Waals surface area contributed by atoms with Gasteiger partial charge in [-0.1, -0.05) is 18.2 Å². The number of rotatable bonds is 4. The Hall–Kier alpha value is -2.07. The van der Waals surface area contributed by atoms with Gasteiger partial charge in [0.05, 0.1) is 5.69 Å². The number of pyridine rings is 1. The van der Waals surface area contributed by atoms with Gasteiger partial charge in [0, 0.05) is 18.3 Å². The van der Waals surface area contributed by atoms with Crippen LogP contribution in [0.4, 0.5) is 0 Å². The molecule has 2 rings (SSSR count). The summed E-state index contributed by atoms with van der Waals surface area (Å²) in [4.78, 5) is 4.16. The molecule has 2 aromatic rings. The molecule has 0 atom stereocenters. The van der Waals surface area contributed by atoms with E-state index in [1.807, 2.05) is 18.2 Å². The molecule has 0 fully saturated rings. The average molecular weight is 230 g/mol. The summed E-state index contributed by atoms with van der Waals surface area (Å²) in [6.07, 6.45) is 1.70. The highest BCUT2D eigenvalue weighted by Gasteiger charge is 2.04. The van der Waals surface area contributed by atoms with E-state index in [1.165, 1.54) is 0 Å². The molecule has 4 heteroatoms. The molecule has 17 heavy (non-hydrogen) atoms. The van der Waals surface area contributed by atoms with Crippen molar-refractivity contribution in [2.24, 2.45) is 5.73 Å². The number of ether oxygens (including phenoxy) is 1. The van der Waals surface area contributed by atoms with Crippen LogP contribution in [0.3, 0.4) is 0 Å². The van der Waals surface area contributed by atoms with Gasteiger partial charge in [-0.15, -0.1) is 0 Å². The third-order valence-electron chi connectivity index (χ3n) is 2.43. The fourth-order valence-corrected chi connectivity index (χ4v) is 1.52. The van der Waals surface area contributed by atoms with E-state index in [0.29, 0.717) is 18.9 Å². The summed E-state index contributed by atoms with van der Waals surface area (Å²) < 4.78 is 5.52. The lowest BCUT2D eigenvalue weighted by Crippen LogP contribution is -2.06. The summed E-state index contributed by atoms with van der Waals surface area (Å²) in [7, 11) is 0. The number of phenols is 1. The third kappa shape index (κ3) is 2.73. The van der Waals surface area contributed by atoms with E-state index < -0.39 is 0 Å². The first-order valence-corrected chi connectivity index (χ1v) is 5.35. The van der Waals surface area contributed by atoms with E-state index in [4.69, 9.17) is 10.5 Å². The maximum absolute atomic E-state index is 9.55. The van der Waals surface area contributed by atoms with Crippen LogP contribution in [-0.4, -0.2) is 10.1 Å². The van der Waals surface area contributed by atoms with Crippen molar-refractivity contribution in [2.45, 2.75) is 13.2 Å². The Bertz CT molecular complexity index is 500. The topological polar surface area (TPSA) is 68.4 Å². The lowest BCUT2D eigenvalue weighted by Gasteiger charge is -2.09. The number of phenolic OH excluding ortho intramolecular Hbond substituents is 1. The molecule has 0 saturated carbocycles. The standard InChI is InChI=1S/C13H14N2O2/c14-8-11-10(4-3-7-15-11)9-17-13-6-2-1-5-12(13)16/h1-7,16H,8-9,14H2. The van der Waals surface area contributed by atoms with Crippen molar-refractivity contribution in [2.75, 3.05) is 0 Å². The van der Waals surface area contributed by atoms with Crippen molar-refractivity contribution >= 4 is 0 Å². The predicted octanol–water partition coefficient (Wildman–Crippen LogP) is 1.82. The van der Waals surface area contributed by atoms with Gasteiger partial charge in [0.1, 0.15) is 6.61 Å². The SMILES string of the molecule is NCc1ncccc1COc1ccccc1O. The van der Waals surface area contributed by atoms with Gasteiger partial charge in [-0.3, -0.25) is 4.98 Å². The van der Waals surface area contributed by atoms with E-state index in [0.717, 1.165) is 11.3 Å². The van der Waals surface area contributed by atoms with Gasteiger partial charge in [0.2, 0.25) is 0 Å². The zero-order valence-corrected chi connectivity index (χ0v) is 9.34. The molecule has 0 amide bonds. The van der Waals surface area contributed by atoms with Gasteiger partial charge in [-0.2, -0.15) is 0 Å². The first-order chi connectivity index (χ1) is 8.31. The summed E-state index contributed by atoms with van der Waals surface area (Å²) in [5, 5.41) is 9.55. The van der Waals surface area contributed by atoms with Crippen molar-refractivity contribution in [1.82, 2.24) is 4.98 Å². The van der Waals surface area contributed by atoms with Crippen LogP contribution in [0.1, 0.15) is 11.3 Å². The second-order valence-corrected chi connectivity index (χ2v) is 3.57. The van der Waals surface area contributed by atoms with Crippen molar-refractivity contribution in [1.29, 1.82) is 0 Å². The second-order valence-electron chi connectivity index (χ2n) is 3.57. The van der Waals surface area contributed by atoms with Crippen molar-refractivity contribution in [3.05, 3.63) is 53.9 Å². The van der Waals surface area contributed by atoms with E-state index in [9.17, 15) is 5.11 Å². The number of hydrogen-bond donors (Lipinski definition) is 2. The van der Waals surface area contributed by atoms with E-state index in [-0.39, 0.29) is 5.75 Å². The highest BCUT2D eigenvalue weighted by molar-refractivity contribution is 5.38. The summed E-state index contributed by atoms with van der Waals surface area (Å²) in [5.74, 6) is 0.588. The molecule has 0 radical (unpaired) electrons. The molecule has 3 N–H and O–H groups in total. The molecule has 1 aromatic carbocycles. The average Bonchev–Trinajstić information content (AvgIpc) is 2.38. The molecule has 0 unspecified atom stereocenters. The zero-order chi connectivity index (χ0) is 12.1. The molecule has 0 spiro atoms. The molecule has 0 aliphatic rings. The van der Waals surface area contributed by atoms with Gasteiger partial charge in [0.25, 0.3) is 0 Å². The largest absolute Gasteiger partial charge is 0.504 e. The van der Waals surface area contributed by atoms with Crippen LogP contribution in [-0.2, 0) is 13.2 Å². The zero-order valence-electron chi connectivity index (χ0n) is 9.34. The highest BCUT2D eigenvalue weighted by Crippen LogP contribution is 2.25. The number of benzene rings is 1. The van der Waals surface area contributed by atoms with Gasteiger partial charge < -0.3 is 15.6 Å². The predicted molar refractivity (Wildman–Crippen MR) is 64.6 cm³/mol. The smallest absolute Gasteiger partial charge is 0.161 e.